The molecule has 1 fully saturated rings. The molecule has 1 N–H and O–H groups in total. The molecule has 0 spiro atoms. The molecule has 1 heterocycles. The van der Waals surface area contributed by atoms with Gasteiger partial charge in [-0.25, -0.2) is 0 Å². The van der Waals surface area contributed by atoms with Crippen molar-refractivity contribution in [2.24, 2.45) is 5.92 Å². The number of hydrogen-bond acceptors (Lipinski definition) is 2. The molecule has 1 atom stereocenters. The van der Waals surface area contributed by atoms with Gasteiger partial charge in [0, 0.05) is 23.8 Å². The number of halogens is 1. The van der Waals surface area contributed by atoms with Gasteiger partial charge in [-0.1, -0.05) is 62.6 Å². The third-order valence-corrected chi connectivity index (χ3v) is 6.38. The van der Waals surface area contributed by atoms with Crippen molar-refractivity contribution in [1.29, 1.82) is 0 Å². The second kappa shape index (κ2) is 9.12. The zero-order valence-corrected chi connectivity index (χ0v) is 17.4. The lowest BCUT2D eigenvalue weighted by molar-refractivity contribution is 0.0118. The van der Waals surface area contributed by atoms with Crippen LogP contribution in [0.1, 0.15) is 57.1 Å². The molecule has 1 aliphatic rings. The molecule has 2 nitrogen and oxygen atoms in total. The van der Waals surface area contributed by atoms with Gasteiger partial charge in [0.15, 0.2) is 0 Å². The average molecular weight is 386 g/mol. The van der Waals surface area contributed by atoms with Crippen LogP contribution in [0.5, 0.6) is 0 Å². The quantitative estimate of drug-likeness (QED) is 0.613. The van der Waals surface area contributed by atoms with Crippen LogP contribution < -0.4 is 4.90 Å². The van der Waals surface area contributed by atoms with Gasteiger partial charge >= 0.3 is 0 Å². The number of aliphatic hydroxyl groups is 1. The lowest BCUT2D eigenvalue weighted by Crippen LogP contribution is -2.42. The van der Waals surface area contributed by atoms with E-state index in [4.69, 9.17) is 11.6 Å². The molecule has 3 heteroatoms. The summed E-state index contributed by atoms with van der Waals surface area (Å²) in [7, 11) is 0. The Labute approximate surface area is 169 Å². The topological polar surface area (TPSA) is 23.5 Å². The predicted molar refractivity (Wildman–Crippen MR) is 116 cm³/mol. The molecule has 0 radical (unpaired) electrons. The Morgan fingerprint density at radius 2 is 1.67 bits per heavy atom. The van der Waals surface area contributed by atoms with Crippen molar-refractivity contribution in [3.05, 3.63) is 64.7 Å². The van der Waals surface area contributed by atoms with Gasteiger partial charge in [-0.2, -0.15) is 0 Å². The van der Waals surface area contributed by atoms with Crippen LogP contribution in [0.3, 0.4) is 0 Å². The minimum atomic E-state index is -0.739. The molecule has 146 valence electrons. The predicted octanol–water partition coefficient (Wildman–Crippen LogP) is 6.20. The zero-order valence-electron chi connectivity index (χ0n) is 16.6. The Morgan fingerprint density at radius 3 is 2.26 bits per heavy atom. The maximum atomic E-state index is 11.0. The highest BCUT2D eigenvalue weighted by atomic mass is 35.5. The lowest BCUT2D eigenvalue weighted by Gasteiger charge is -2.39. The first kappa shape index (κ1) is 20.2. The van der Waals surface area contributed by atoms with Crippen LogP contribution in [0, 0.1) is 5.92 Å². The maximum Gasteiger partial charge on any atom is 0.0930 e. The Balaban J connectivity index is 1.54. The Kier molecular flexibility index (Phi) is 6.83. The minimum absolute atomic E-state index is 0.712. The molecule has 0 aliphatic carbocycles. The first-order chi connectivity index (χ1) is 13.0. The van der Waals surface area contributed by atoms with Crippen LogP contribution in [0.25, 0.3) is 0 Å². The molecule has 0 saturated carbocycles. The standard InChI is InChI=1S/C24H32ClNO/c1-3-19(2)5-4-6-20-7-13-23(14-8-20)26-17-15-24(27,16-18-26)21-9-11-22(25)12-10-21/h7-14,19,27H,3-6,15-18H2,1-2H3. The summed E-state index contributed by atoms with van der Waals surface area (Å²) in [5.41, 5.74) is 2.93. The van der Waals surface area contributed by atoms with Crippen molar-refractivity contribution in [2.75, 3.05) is 18.0 Å². The van der Waals surface area contributed by atoms with Gasteiger partial charge < -0.3 is 10.0 Å². The smallest absolute Gasteiger partial charge is 0.0930 e. The molecule has 1 aliphatic heterocycles. The molecule has 3 rings (SSSR count). The van der Waals surface area contributed by atoms with Crippen molar-refractivity contribution in [3.8, 4) is 0 Å². The molecule has 2 aromatic rings. The summed E-state index contributed by atoms with van der Waals surface area (Å²) in [5, 5.41) is 11.7. The fourth-order valence-electron chi connectivity index (χ4n) is 3.92. The highest BCUT2D eigenvalue weighted by Crippen LogP contribution is 2.35. The van der Waals surface area contributed by atoms with Gasteiger partial charge in [0.2, 0.25) is 0 Å². The molecule has 0 aromatic heterocycles. The third-order valence-electron chi connectivity index (χ3n) is 6.13. The number of rotatable bonds is 7. The summed E-state index contributed by atoms with van der Waals surface area (Å²) in [6.07, 6.45) is 6.51. The number of benzene rings is 2. The highest BCUT2D eigenvalue weighted by Gasteiger charge is 2.33. The fourth-order valence-corrected chi connectivity index (χ4v) is 4.04. The van der Waals surface area contributed by atoms with Gasteiger partial charge in [0.1, 0.15) is 0 Å². The van der Waals surface area contributed by atoms with E-state index in [1.165, 1.54) is 36.9 Å². The van der Waals surface area contributed by atoms with Crippen molar-refractivity contribution in [3.63, 3.8) is 0 Å². The van der Waals surface area contributed by atoms with Crippen LogP contribution in [0.4, 0.5) is 5.69 Å². The summed E-state index contributed by atoms with van der Waals surface area (Å²) in [4.78, 5) is 2.38. The van der Waals surface area contributed by atoms with E-state index in [1.54, 1.807) is 0 Å². The normalized spacial score (nSPS) is 17.7. The van der Waals surface area contributed by atoms with E-state index in [0.717, 1.165) is 37.4 Å². The summed E-state index contributed by atoms with van der Waals surface area (Å²) >= 11 is 5.98. The van der Waals surface area contributed by atoms with Crippen molar-refractivity contribution in [2.45, 2.75) is 58.0 Å². The molecule has 0 bridgehead atoms. The Bertz CT molecular complexity index is 702. The van der Waals surface area contributed by atoms with E-state index in [9.17, 15) is 5.11 Å². The molecule has 2 aromatic carbocycles. The number of anilines is 1. The Hall–Kier alpha value is -1.51. The third kappa shape index (κ3) is 5.27. The summed E-state index contributed by atoms with van der Waals surface area (Å²) in [6.45, 7) is 6.34. The van der Waals surface area contributed by atoms with Crippen LogP contribution in [0.2, 0.25) is 5.02 Å². The molecule has 1 unspecified atom stereocenters. The van der Waals surface area contributed by atoms with E-state index in [1.807, 2.05) is 24.3 Å². The molecular weight excluding hydrogens is 354 g/mol. The highest BCUT2D eigenvalue weighted by molar-refractivity contribution is 6.30. The van der Waals surface area contributed by atoms with Crippen molar-refractivity contribution >= 4 is 17.3 Å². The van der Waals surface area contributed by atoms with Gasteiger partial charge in [-0.05, 0) is 67.0 Å². The SMILES string of the molecule is CCC(C)CCCc1ccc(N2CCC(O)(c3ccc(Cl)cc3)CC2)cc1. The molecule has 27 heavy (non-hydrogen) atoms. The van der Waals surface area contributed by atoms with Crippen LogP contribution >= 0.6 is 11.6 Å². The lowest BCUT2D eigenvalue weighted by atomic mass is 9.84. The van der Waals surface area contributed by atoms with Gasteiger partial charge in [-0.3, -0.25) is 0 Å². The van der Waals surface area contributed by atoms with Crippen LogP contribution in [0.15, 0.2) is 48.5 Å². The Morgan fingerprint density at radius 1 is 1.04 bits per heavy atom. The van der Waals surface area contributed by atoms with Gasteiger partial charge in [0.05, 0.1) is 5.60 Å². The van der Waals surface area contributed by atoms with E-state index >= 15 is 0 Å². The van der Waals surface area contributed by atoms with Crippen molar-refractivity contribution in [1.82, 2.24) is 0 Å². The minimum Gasteiger partial charge on any atom is -0.385 e. The number of piperidine rings is 1. The fraction of sp³-hybridized carbons (Fsp3) is 0.500. The molecule has 1 saturated heterocycles. The van der Waals surface area contributed by atoms with E-state index in [-0.39, 0.29) is 0 Å². The van der Waals surface area contributed by atoms with E-state index in [0.29, 0.717) is 5.02 Å². The van der Waals surface area contributed by atoms with Gasteiger partial charge in [-0.15, -0.1) is 0 Å². The van der Waals surface area contributed by atoms with Crippen LogP contribution in [-0.4, -0.2) is 18.2 Å². The van der Waals surface area contributed by atoms with Crippen LogP contribution in [-0.2, 0) is 12.0 Å². The molecule has 0 amide bonds. The largest absolute Gasteiger partial charge is 0.385 e. The van der Waals surface area contributed by atoms with E-state index in [2.05, 4.69) is 43.0 Å². The summed E-state index contributed by atoms with van der Waals surface area (Å²) in [5.74, 6) is 0.831. The number of hydrogen-bond donors (Lipinski definition) is 1. The summed E-state index contributed by atoms with van der Waals surface area (Å²) in [6, 6.07) is 16.6. The van der Waals surface area contributed by atoms with Crippen molar-refractivity contribution < 1.29 is 5.11 Å². The maximum absolute atomic E-state index is 11.0. The second-order valence-corrected chi connectivity index (χ2v) is 8.53. The number of nitrogens with zero attached hydrogens (tertiary/aromatic N) is 1. The summed E-state index contributed by atoms with van der Waals surface area (Å²) < 4.78 is 0. The second-order valence-electron chi connectivity index (χ2n) is 8.10. The zero-order chi connectivity index (χ0) is 19.3. The van der Waals surface area contributed by atoms with Gasteiger partial charge in [0.25, 0.3) is 0 Å². The van der Waals surface area contributed by atoms with E-state index < -0.39 is 5.60 Å². The number of aryl methyl sites for hydroxylation is 1. The first-order valence-electron chi connectivity index (χ1n) is 10.3. The molecular formula is C24H32ClNO. The first-order valence-corrected chi connectivity index (χ1v) is 10.7. The monoisotopic (exact) mass is 385 g/mol. The average Bonchev–Trinajstić information content (AvgIpc) is 2.69.